The van der Waals surface area contributed by atoms with E-state index >= 15 is 0 Å². The van der Waals surface area contributed by atoms with Gasteiger partial charge in [-0.3, -0.25) is 4.79 Å². The third kappa shape index (κ3) is 4.06. The first-order valence-corrected chi connectivity index (χ1v) is 6.94. The van der Waals surface area contributed by atoms with Gasteiger partial charge in [0.25, 0.3) is 0 Å². The summed E-state index contributed by atoms with van der Waals surface area (Å²) in [6.07, 6.45) is 2.21. The van der Waals surface area contributed by atoms with Crippen molar-refractivity contribution in [3.63, 3.8) is 0 Å². The Labute approximate surface area is 117 Å². The van der Waals surface area contributed by atoms with Crippen LogP contribution in [-0.2, 0) is 17.8 Å². The number of thiophene rings is 1. The standard InChI is InChI=1S/C14H17N3OS/c1-17(2)13-8-11(5-6-15-13)10-16-14(18)9-12-4-3-7-19-12/h3-8H,9-10H2,1-2H3,(H,16,18). The van der Waals surface area contributed by atoms with Gasteiger partial charge in [-0.1, -0.05) is 6.07 Å². The minimum atomic E-state index is 0.0469. The predicted octanol–water partition coefficient (Wildman–Crippen LogP) is 2.07. The van der Waals surface area contributed by atoms with E-state index in [-0.39, 0.29) is 5.91 Å². The van der Waals surface area contributed by atoms with E-state index in [0.29, 0.717) is 13.0 Å². The van der Waals surface area contributed by atoms with Crippen LogP contribution >= 0.6 is 11.3 Å². The van der Waals surface area contributed by atoms with E-state index < -0.39 is 0 Å². The van der Waals surface area contributed by atoms with Crippen molar-refractivity contribution < 1.29 is 4.79 Å². The maximum absolute atomic E-state index is 11.8. The number of anilines is 1. The third-order valence-electron chi connectivity index (χ3n) is 2.67. The number of rotatable bonds is 5. The Morgan fingerprint density at radius 1 is 1.42 bits per heavy atom. The van der Waals surface area contributed by atoms with Crippen LogP contribution in [0.1, 0.15) is 10.4 Å². The molecule has 0 fully saturated rings. The lowest BCUT2D eigenvalue weighted by atomic mass is 10.2. The predicted molar refractivity (Wildman–Crippen MR) is 78.4 cm³/mol. The van der Waals surface area contributed by atoms with Crippen molar-refractivity contribution in [2.45, 2.75) is 13.0 Å². The zero-order chi connectivity index (χ0) is 13.7. The lowest BCUT2D eigenvalue weighted by molar-refractivity contribution is -0.120. The van der Waals surface area contributed by atoms with Gasteiger partial charge in [-0.2, -0.15) is 0 Å². The number of carbonyl (C=O) groups excluding carboxylic acids is 1. The fourth-order valence-electron chi connectivity index (χ4n) is 1.65. The fraction of sp³-hybridized carbons (Fsp3) is 0.286. The topological polar surface area (TPSA) is 45.2 Å². The van der Waals surface area contributed by atoms with E-state index in [4.69, 9.17) is 0 Å². The number of hydrogen-bond acceptors (Lipinski definition) is 4. The highest BCUT2D eigenvalue weighted by Crippen LogP contribution is 2.10. The van der Waals surface area contributed by atoms with Crippen LogP contribution in [-0.4, -0.2) is 25.0 Å². The van der Waals surface area contributed by atoms with Crippen molar-refractivity contribution >= 4 is 23.1 Å². The van der Waals surface area contributed by atoms with Gasteiger partial charge in [-0.25, -0.2) is 4.98 Å². The summed E-state index contributed by atoms with van der Waals surface area (Å²) < 4.78 is 0. The smallest absolute Gasteiger partial charge is 0.225 e. The van der Waals surface area contributed by atoms with Crippen LogP contribution in [0.2, 0.25) is 0 Å². The Hall–Kier alpha value is -1.88. The van der Waals surface area contributed by atoms with Crippen LogP contribution in [0.15, 0.2) is 35.8 Å². The van der Waals surface area contributed by atoms with Crippen LogP contribution in [0.25, 0.3) is 0 Å². The van der Waals surface area contributed by atoms with Gasteiger partial charge in [0.1, 0.15) is 5.82 Å². The van der Waals surface area contributed by atoms with Gasteiger partial charge in [-0.05, 0) is 29.1 Å². The lowest BCUT2D eigenvalue weighted by Gasteiger charge is -2.12. The zero-order valence-electron chi connectivity index (χ0n) is 11.1. The van der Waals surface area contributed by atoms with Gasteiger partial charge in [0.15, 0.2) is 0 Å². The Bertz CT molecular complexity index is 537. The molecule has 5 heteroatoms. The molecule has 1 amide bonds. The summed E-state index contributed by atoms with van der Waals surface area (Å²) in [5, 5.41) is 4.91. The summed E-state index contributed by atoms with van der Waals surface area (Å²) in [6.45, 7) is 0.535. The summed E-state index contributed by atoms with van der Waals surface area (Å²) in [7, 11) is 3.89. The van der Waals surface area contributed by atoms with E-state index in [1.165, 1.54) is 0 Å². The van der Waals surface area contributed by atoms with Crippen molar-refractivity contribution in [1.82, 2.24) is 10.3 Å². The van der Waals surface area contributed by atoms with Gasteiger partial charge in [0.2, 0.25) is 5.91 Å². The second kappa shape index (κ2) is 6.33. The van der Waals surface area contributed by atoms with Gasteiger partial charge < -0.3 is 10.2 Å². The molecule has 0 aliphatic rings. The lowest BCUT2D eigenvalue weighted by Crippen LogP contribution is -2.24. The van der Waals surface area contributed by atoms with E-state index in [9.17, 15) is 4.79 Å². The Balaban J connectivity index is 1.88. The molecule has 0 spiro atoms. The molecule has 0 radical (unpaired) electrons. The van der Waals surface area contributed by atoms with Crippen molar-refractivity contribution in [2.24, 2.45) is 0 Å². The van der Waals surface area contributed by atoms with Crippen LogP contribution < -0.4 is 10.2 Å². The largest absolute Gasteiger partial charge is 0.363 e. The highest BCUT2D eigenvalue weighted by Gasteiger charge is 2.05. The number of amides is 1. The quantitative estimate of drug-likeness (QED) is 0.908. The van der Waals surface area contributed by atoms with Gasteiger partial charge >= 0.3 is 0 Å². The summed E-state index contributed by atoms with van der Waals surface area (Å²) >= 11 is 1.60. The van der Waals surface area contributed by atoms with E-state index in [1.54, 1.807) is 17.5 Å². The van der Waals surface area contributed by atoms with Crippen molar-refractivity contribution in [3.05, 3.63) is 46.3 Å². The molecule has 19 heavy (non-hydrogen) atoms. The first-order chi connectivity index (χ1) is 9.15. The highest BCUT2D eigenvalue weighted by atomic mass is 32.1. The molecule has 4 nitrogen and oxygen atoms in total. The number of nitrogens with zero attached hydrogens (tertiary/aromatic N) is 2. The second-order valence-corrected chi connectivity index (χ2v) is 5.48. The van der Waals surface area contributed by atoms with Gasteiger partial charge in [0.05, 0.1) is 6.42 Å². The van der Waals surface area contributed by atoms with Crippen LogP contribution in [0.5, 0.6) is 0 Å². The molecular weight excluding hydrogens is 258 g/mol. The van der Waals surface area contributed by atoms with E-state index in [2.05, 4.69) is 10.3 Å². The molecule has 2 aromatic rings. The van der Waals surface area contributed by atoms with Crippen molar-refractivity contribution in [2.75, 3.05) is 19.0 Å². The third-order valence-corrected chi connectivity index (χ3v) is 3.55. The molecule has 0 saturated carbocycles. The average molecular weight is 275 g/mol. The summed E-state index contributed by atoms with van der Waals surface area (Å²) in [5.41, 5.74) is 1.05. The minimum Gasteiger partial charge on any atom is -0.363 e. The molecule has 0 unspecified atom stereocenters. The summed E-state index contributed by atoms with van der Waals surface area (Å²) in [4.78, 5) is 19.0. The first-order valence-electron chi connectivity index (χ1n) is 6.06. The van der Waals surface area contributed by atoms with E-state index in [1.807, 2.05) is 48.6 Å². The number of carbonyl (C=O) groups is 1. The molecule has 0 aromatic carbocycles. The molecule has 0 saturated heterocycles. The number of pyridine rings is 1. The maximum Gasteiger partial charge on any atom is 0.225 e. The molecule has 2 rings (SSSR count). The van der Waals surface area contributed by atoms with Crippen LogP contribution in [0.3, 0.4) is 0 Å². The molecule has 2 heterocycles. The summed E-state index contributed by atoms with van der Waals surface area (Å²) in [6, 6.07) is 7.82. The van der Waals surface area contributed by atoms with Crippen LogP contribution in [0, 0.1) is 0 Å². The van der Waals surface area contributed by atoms with Gasteiger partial charge in [0, 0.05) is 31.7 Å². The molecular formula is C14H17N3OS. The molecule has 100 valence electrons. The first kappa shape index (κ1) is 13.5. The Morgan fingerprint density at radius 2 is 2.26 bits per heavy atom. The SMILES string of the molecule is CN(C)c1cc(CNC(=O)Cc2cccs2)ccn1. The van der Waals surface area contributed by atoms with Crippen molar-refractivity contribution in [1.29, 1.82) is 0 Å². The van der Waals surface area contributed by atoms with E-state index in [0.717, 1.165) is 16.3 Å². The molecule has 0 atom stereocenters. The number of hydrogen-bond donors (Lipinski definition) is 1. The average Bonchev–Trinajstić information content (AvgIpc) is 2.89. The second-order valence-electron chi connectivity index (χ2n) is 4.45. The zero-order valence-corrected chi connectivity index (χ0v) is 11.9. The highest BCUT2D eigenvalue weighted by molar-refractivity contribution is 7.10. The monoisotopic (exact) mass is 275 g/mol. The molecule has 0 aliphatic carbocycles. The summed E-state index contributed by atoms with van der Waals surface area (Å²) in [5.74, 6) is 0.940. The molecule has 2 aromatic heterocycles. The maximum atomic E-state index is 11.8. The Kier molecular flexibility index (Phi) is 4.52. The van der Waals surface area contributed by atoms with Gasteiger partial charge in [-0.15, -0.1) is 11.3 Å². The molecule has 0 aliphatic heterocycles. The normalized spacial score (nSPS) is 10.2. The fourth-order valence-corrected chi connectivity index (χ4v) is 2.35. The number of nitrogens with one attached hydrogen (secondary N) is 1. The molecule has 0 bridgehead atoms. The Morgan fingerprint density at radius 3 is 2.95 bits per heavy atom. The van der Waals surface area contributed by atoms with Crippen LogP contribution in [0.4, 0.5) is 5.82 Å². The minimum absolute atomic E-state index is 0.0469. The number of aromatic nitrogens is 1. The van der Waals surface area contributed by atoms with Crippen molar-refractivity contribution in [3.8, 4) is 0 Å². The molecule has 1 N–H and O–H groups in total.